The molecule has 8 nitrogen and oxygen atoms in total. The summed E-state index contributed by atoms with van der Waals surface area (Å²) in [5.74, 6) is -0.752. The standard InChI is InChI=1S/C21H20FN3O5S/c1-4-30-20-9-17(18(25(27)28)10-19(20)29-3)21(26)24(11-15-12-31-13(2)23-15)16-7-5-14(22)6-8-16/h5-10,12H,4,11H2,1-3H3. The molecule has 0 saturated heterocycles. The lowest BCUT2D eigenvalue weighted by Crippen LogP contribution is -2.31. The number of nitro benzene ring substituents is 1. The first kappa shape index (κ1) is 22.2. The maximum atomic E-state index is 13.5. The molecule has 2 aromatic carbocycles. The highest BCUT2D eigenvalue weighted by Gasteiger charge is 2.29. The van der Waals surface area contributed by atoms with E-state index in [1.165, 1.54) is 53.7 Å². The van der Waals surface area contributed by atoms with Crippen LogP contribution in [0.4, 0.5) is 15.8 Å². The third-order valence-corrected chi connectivity index (χ3v) is 5.20. The number of methoxy groups -OCH3 is 1. The van der Waals surface area contributed by atoms with Crippen molar-refractivity contribution < 1.29 is 23.6 Å². The van der Waals surface area contributed by atoms with E-state index in [1.807, 2.05) is 6.92 Å². The van der Waals surface area contributed by atoms with Crippen LogP contribution in [0.5, 0.6) is 11.5 Å². The molecule has 0 radical (unpaired) electrons. The topological polar surface area (TPSA) is 94.8 Å². The summed E-state index contributed by atoms with van der Waals surface area (Å²) in [6, 6.07) is 7.77. The molecule has 0 saturated carbocycles. The number of hydrogen-bond donors (Lipinski definition) is 0. The van der Waals surface area contributed by atoms with Gasteiger partial charge in [0.2, 0.25) is 0 Å². The lowest BCUT2D eigenvalue weighted by atomic mass is 10.1. The van der Waals surface area contributed by atoms with Gasteiger partial charge in [0.25, 0.3) is 11.6 Å². The molecule has 162 valence electrons. The normalized spacial score (nSPS) is 10.6. The monoisotopic (exact) mass is 445 g/mol. The number of hydrogen-bond acceptors (Lipinski definition) is 7. The van der Waals surface area contributed by atoms with Crippen molar-refractivity contribution in [2.45, 2.75) is 20.4 Å². The quantitative estimate of drug-likeness (QED) is 0.367. The first-order valence-electron chi connectivity index (χ1n) is 9.31. The first-order valence-corrected chi connectivity index (χ1v) is 10.2. The van der Waals surface area contributed by atoms with Crippen LogP contribution in [0.1, 0.15) is 28.0 Å². The summed E-state index contributed by atoms with van der Waals surface area (Å²) in [6.07, 6.45) is 0. The molecule has 0 unspecified atom stereocenters. The van der Waals surface area contributed by atoms with E-state index in [1.54, 1.807) is 12.3 Å². The summed E-state index contributed by atoms with van der Waals surface area (Å²) in [4.78, 5) is 30.3. The molecule has 0 bridgehead atoms. The number of nitro groups is 1. The van der Waals surface area contributed by atoms with Gasteiger partial charge >= 0.3 is 0 Å². The van der Waals surface area contributed by atoms with E-state index in [4.69, 9.17) is 9.47 Å². The molecular weight excluding hydrogens is 425 g/mol. The van der Waals surface area contributed by atoms with Gasteiger partial charge in [0.1, 0.15) is 11.4 Å². The van der Waals surface area contributed by atoms with Crippen LogP contribution in [-0.2, 0) is 6.54 Å². The molecule has 3 rings (SSSR count). The van der Waals surface area contributed by atoms with Gasteiger partial charge in [-0.1, -0.05) is 0 Å². The van der Waals surface area contributed by atoms with Crippen molar-refractivity contribution in [2.75, 3.05) is 18.6 Å². The highest BCUT2D eigenvalue weighted by atomic mass is 32.1. The minimum Gasteiger partial charge on any atom is -0.493 e. The van der Waals surface area contributed by atoms with Crippen molar-refractivity contribution in [3.63, 3.8) is 0 Å². The Kier molecular flexibility index (Phi) is 6.81. The molecule has 0 fully saturated rings. The second-order valence-corrected chi connectivity index (χ2v) is 7.50. The smallest absolute Gasteiger partial charge is 0.286 e. The molecule has 0 atom stereocenters. The van der Waals surface area contributed by atoms with Crippen molar-refractivity contribution in [1.29, 1.82) is 0 Å². The Morgan fingerprint density at radius 1 is 1.26 bits per heavy atom. The predicted molar refractivity (Wildman–Crippen MR) is 115 cm³/mol. The second-order valence-electron chi connectivity index (χ2n) is 6.44. The number of ether oxygens (including phenoxy) is 2. The zero-order valence-electron chi connectivity index (χ0n) is 17.1. The molecule has 1 amide bonds. The number of anilines is 1. The third kappa shape index (κ3) is 4.97. The van der Waals surface area contributed by atoms with Crippen molar-refractivity contribution in [3.05, 3.63) is 74.0 Å². The first-order chi connectivity index (χ1) is 14.8. The summed E-state index contributed by atoms with van der Waals surface area (Å²) in [6.45, 7) is 3.92. The van der Waals surface area contributed by atoms with Crippen LogP contribution in [0.2, 0.25) is 0 Å². The maximum absolute atomic E-state index is 13.5. The number of halogens is 1. The van der Waals surface area contributed by atoms with Gasteiger partial charge in [-0.15, -0.1) is 11.3 Å². The minimum atomic E-state index is -0.651. The van der Waals surface area contributed by atoms with Gasteiger partial charge < -0.3 is 14.4 Å². The lowest BCUT2D eigenvalue weighted by molar-refractivity contribution is -0.385. The van der Waals surface area contributed by atoms with Crippen LogP contribution in [0.3, 0.4) is 0 Å². The molecular formula is C21H20FN3O5S. The number of rotatable bonds is 8. The van der Waals surface area contributed by atoms with Gasteiger partial charge in [0, 0.05) is 17.1 Å². The molecule has 0 N–H and O–H groups in total. The van der Waals surface area contributed by atoms with Gasteiger partial charge in [-0.3, -0.25) is 14.9 Å². The Bertz CT molecular complexity index is 1100. The number of aromatic nitrogens is 1. The van der Waals surface area contributed by atoms with E-state index in [0.717, 1.165) is 11.1 Å². The van der Waals surface area contributed by atoms with Crippen molar-refractivity contribution in [1.82, 2.24) is 4.98 Å². The molecule has 1 heterocycles. The molecule has 1 aromatic heterocycles. The van der Waals surface area contributed by atoms with Crippen molar-refractivity contribution >= 4 is 28.6 Å². The maximum Gasteiger partial charge on any atom is 0.286 e. The number of benzene rings is 2. The van der Waals surface area contributed by atoms with Gasteiger partial charge in [0.05, 0.1) is 42.0 Å². The Morgan fingerprint density at radius 2 is 1.97 bits per heavy atom. The number of aryl methyl sites for hydroxylation is 1. The van der Waals surface area contributed by atoms with E-state index in [2.05, 4.69) is 4.98 Å². The second kappa shape index (κ2) is 9.52. The fourth-order valence-corrected chi connectivity index (χ4v) is 3.59. The molecule has 10 heteroatoms. The minimum absolute atomic E-state index is 0.0575. The van der Waals surface area contributed by atoms with Gasteiger partial charge in [-0.2, -0.15) is 0 Å². The molecule has 31 heavy (non-hydrogen) atoms. The highest BCUT2D eigenvalue weighted by molar-refractivity contribution is 7.09. The summed E-state index contributed by atoms with van der Waals surface area (Å²) in [5, 5.41) is 14.3. The van der Waals surface area contributed by atoms with E-state index < -0.39 is 22.3 Å². The molecule has 0 aliphatic carbocycles. The fraction of sp³-hybridized carbons (Fsp3) is 0.238. The number of carbonyl (C=O) groups is 1. The molecule has 0 aliphatic heterocycles. The zero-order valence-corrected chi connectivity index (χ0v) is 17.9. The largest absolute Gasteiger partial charge is 0.493 e. The Morgan fingerprint density at radius 3 is 2.52 bits per heavy atom. The Hall–Kier alpha value is -3.53. The van der Waals surface area contributed by atoms with E-state index in [9.17, 15) is 19.3 Å². The summed E-state index contributed by atoms with van der Waals surface area (Å²) in [5.41, 5.74) is 0.388. The SMILES string of the molecule is CCOc1cc(C(=O)N(Cc2csc(C)n2)c2ccc(F)cc2)c([N+](=O)[O-])cc1OC. The average molecular weight is 445 g/mol. The number of thiazole rings is 1. The number of amides is 1. The van der Waals surface area contributed by atoms with Crippen LogP contribution in [0, 0.1) is 22.9 Å². The van der Waals surface area contributed by atoms with Crippen LogP contribution in [0.15, 0.2) is 41.8 Å². The summed E-state index contributed by atoms with van der Waals surface area (Å²) in [7, 11) is 1.36. The van der Waals surface area contributed by atoms with Gasteiger partial charge in [-0.25, -0.2) is 9.37 Å². The Labute approximate surface area is 182 Å². The summed E-state index contributed by atoms with van der Waals surface area (Å²) < 4.78 is 24.1. The molecule has 0 aliphatic rings. The third-order valence-electron chi connectivity index (χ3n) is 4.38. The van der Waals surface area contributed by atoms with Crippen molar-refractivity contribution in [3.8, 4) is 11.5 Å². The zero-order chi connectivity index (χ0) is 22.5. The van der Waals surface area contributed by atoms with Crippen LogP contribution >= 0.6 is 11.3 Å². The molecule has 3 aromatic rings. The van der Waals surface area contributed by atoms with Crippen LogP contribution < -0.4 is 14.4 Å². The van der Waals surface area contributed by atoms with Crippen molar-refractivity contribution in [2.24, 2.45) is 0 Å². The van der Waals surface area contributed by atoms with Crippen LogP contribution in [-0.4, -0.2) is 29.5 Å². The van der Waals surface area contributed by atoms with Gasteiger partial charge in [0.15, 0.2) is 11.5 Å². The average Bonchev–Trinajstić information content (AvgIpc) is 3.17. The van der Waals surface area contributed by atoms with E-state index in [-0.39, 0.29) is 30.2 Å². The molecule has 0 spiro atoms. The number of carbonyl (C=O) groups excluding carboxylic acids is 1. The van der Waals surface area contributed by atoms with Gasteiger partial charge in [-0.05, 0) is 38.1 Å². The predicted octanol–water partition coefficient (Wildman–Crippen LogP) is 4.75. The lowest BCUT2D eigenvalue weighted by Gasteiger charge is -2.23. The van der Waals surface area contributed by atoms with Crippen LogP contribution in [0.25, 0.3) is 0 Å². The van der Waals surface area contributed by atoms with E-state index >= 15 is 0 Å². The Balaban J connectivity index is 2.12. The highest BCUT2D eigenvalue weighted by Crippen LogP contribution is 2.36. The number of nitrogens with zero attached hydrogens (tertiary/aromatic N) is 3. The van der Waals surface area contributed by atoms with E-state index in [0.29, 0.717) is 11.4 Å². The summed E-state index contributed by atoms with van der Waals surface area (Å²) >= 11 is 1.42. The fourth-order valence-electron chi connectivity index (χ4n) is 2.99.